The van der Waals surface area contributed by atoms with E-state index in [1.807, 2.05) is 62.3 Å². The van der Waals surface area contributed by atoms with Gasteiger partial charge in [0.25, 0.3) is 5.91 Å². The first-order valence-corrected chi connectivity index (χ1v) is 13.8. The van der Waals surface area contributed by atoms with Gasteiger partial charge in [-0.05, 0) is 38.5 Å². The predicted octanol–water partition coefficient (Wildman–Crippen LogP) is 5.08. The van der Waals surface area contributed by atoms with Gasteiger partial charge in [-0.25, -0.2) is 4.68 Å². The van der Waals surface area contributed by atoms with Crippen molar-refractivity contribution in [1.29, 1.82) is 0 Å². The summed E-state index contributed by atoms with van der Waals surface area (Å²) in [6.07, 6.45) is 3.62. The van der Waals surface area contributed by atoms with Crippen LogP contribution in [0.5, 0.6) is 23.0 Å². The standard InChI is InChI=1S/C32H34N4O6/c1-19-9-20(16-33-15-19)24-13-25-28(14-27(24)40-6)42-17-26-29(31(37)35-7-8-41-18-32(35,2)3)34-36(30(25)26)21-10-22(38-4)12-23(11-21)39-5/h9-16H,7-8,17-18H2,1-6H3. The van der Waals surface area contributed by atoms with Crippen LogP contribution in [0.1, 0.15) is 35.5 Å². The molecule has 1 saturated heterocycles. The van der Waals surface area contributed by atoms with Crippen molar-refractivity contribution in [2.24, 2.45) is 0 Å². The molecule has 10 heteroatoms. The lowest BCUT2D eigenvalue weighted by molar-refractivity contribution is -0.0374. The van der Waals surface area contributed by atoms with E-state index in [4.69, 9.17) is 28.8 Å². The Hall–Kier alpha value is -4.57. The summed E-state index contributed by atoms with van der Waals surface area (Å²) in [5, 5.41) is 4.96. The minimum absolute atomic E-state index is 0.170. The van der Waals surface area contributed by atoms with E-state index < -0.39 is 5.54 Å². The zero-order chi connectivity index (χ0) is 29.6. The Kier molecular flexibility index (Phi) is 7.02. The van der Waals surface area contributed by atoms with Crippen LogP contribution in [0.4, 0.5) is 0 Å². The molecule has 2 aliphatic heterocycles. The van der Waals surface area contributed by atoms with E-state index in [0.717, 1.165) is 27.9 Å². The second kappa shape index (κ2) is 10.7. The van der Waals surface area contributed by atoms with Gasteiger partial charge in [-0.15, -0.1) is 0 Å². The van der Waals surface area contributed by atoms with Crippen molar-refractivity contribution < 1.29 is 28.5 Å². The molecule has 0 unspecified atom stereocenters. The van der Waals surface area contributed by atoms with E-state index in [0.29, 0.717) is 59.7 Å². The molecule has 0 atom stereocenters. The number of benzene rings is 2. The summed E-state index contributed by atoms with van der Waals surface area (Å²) in [5.41, 5.74) is 5.55. The Morgan fingerprint density at radius 2 is 1.71 bits per heavy atom. The number of hydrogen-bond donors (Lipinski definition) is 0. The van der Waals surface area contributed by atoms with Crippen molar-refractivity contribution in [1.82, 2.24) is 19.7 Å². The van der Waals surface area contributed by atoms with Crippen LogP contribution in [0.3, 0.4) is 0 Å². The van der Waals surface area contributed by atoms with Gasteiger partial charge in [0.15, 0.2) is 5.69 Å². The van der Waals surface area contributed by atoms with Gasteiger partial charge in [-0.2, -0.15) is 5.10 Å². The van der Waals surface area contributed by atoms with Crippen LogP contribution in [0.15, 0.2) is 48.8 Å². The van der Waals surface area contributed by atoms with Gasteiger partial charge in [0.05, 0.1) is 51.5 Å². The maximum atomic E-state index is 14.2. The highest BCUT2D eigenvalue weighted by atomic mass is 16.5. The Labute approximate surface area is 244 Å². The molecule has 6 rings (SSSR count). The van der Waals surface area contributed by atoms with Crippen molar-refractivity contribution in [2.75, 3.05) is 41.1 Å². The van der Waals surface area contributed by atoms with Gasteiger partial charge in [0.2, 0.25) is 0 Å². The number of rotatable bonds is 6. The molecule has 2 aromatic carbocycles. The normalized spacial score (nSPS) is 15.3. The van der Waals surface area contributed by atoms with Gasteiger partial charge in [0, 0.05) is 65.5 Å². The number of fused-ring (bicyclic) bond motifs is 3. The topological polar surface area (TPSA) is 97.2 Å². The number of hydrogen-bond acceptors (Lipinski definition) is 8. The molecule has 0 aliphatic carbocycles. The summed E-state index contributed by atoms with van der Waals surface area (Å²) < 4.78 is 30.7. The molecule has 0 saturated carbocycles. The number of carbonyl (C=O) groups excluding carboxylic acids is 1. The summed E-state index contributed by atoms with van der Waals surface area (Å²) in [7, 11) is 4.84. The summed E-state index contributed by atoms with van der Waals surface area (Å²) in [5.74, 6) is 2.32. The first-order chi connectivity index (χ1) is 20.2. The van der Waals surface area contributed by atoms with Crippen molar-refractivity contribution in [2.45, 2.75) is 32.9 Å². The van der Waals surface area contributed by atoms with Crippen LogP contribution in [-0.4, -0.2) is 72.2 Å². The van der Waals surface area contributed by atoms with Gasteiger partial charge >= 0.3 is 0 Å². The van der Waals surface area contributed by atoms with Crippen LogP contribution in [0.2, 0.25) is 0 Å². The molecule has 0 spiro atoms. The lowest BCUT2D eigenvalue weighted by atomic mass is 9.95. The molecule has 2 aromatic heterocycles. The van der Waals surface area contributed by atoms with Crippen molar-refractivity contribution in [3.63, 3.8) is 0 Å². The molecule has 10 nitrogen and oxygen atoms in total. The molecule has 218 valence electrons. The van der Waals surface area contributed by atoms with E-state index in [1.165, 1.54) is 0 Å². The van der Waals surface area contributed by atoms with Gasteiger partial charge < -0.3 is 28.6 Å². The van der Waals surface area contributed by atoms with Gasteiger partial charge in [0.1, 0.15) is 29.6 Å². The third-order valence-electron chi connectivity index (χ3n) is 7.77. The number of carbonyl (C=O) groups is 1. The molecule has 1 amide bonds. The average Bonchev–Trinajstić information content (AvgIpc) is 3.40. The summed E-state index contributed by atoms with van der Waals surface area (Å²) in [6.45, 7) is 7.56. The fourth-order valence-corrected chi connectivity index (χ4v) is 5.61. The summed E-state index contributed by atoms with van der Waals surface area (Å²) in [4.78, 5) is 20.4. The Morgan fingerprint density at radius 1 is 0.952 bits per heavy atom. The number of nitrogens with zero attached hydrogens (tertiary/aromatic N) is 4. The average molecular weight is 571 g/mol. The van der Waals surface area contributed by atoms with Crippen LogP contribution in [0.25, 0.3) is 28.1 Å². The van der Waals surface area contributed by atoms with Crippen molar-refractivity contribution >= 4 is 5.91 Å². The molecule has 0 bridgehead atoms. The Bertz CT molecular complexity index is 1660. The molecule has 42 heavy (non-hydrogen) atoms. The van der Waals surface area contributed by atoms with Crippen LogP contribution in [0, 0.1) is 6.92 Å². The second-order valence-corrected chi connectivity index (χ2v) is 11.1. The lowest BCUT2D eigenvalue weighted by Gasteiger charge is -2.41. The van der Waals surface area contributed by atoms with E-state index in [-0.39, 0.29) is 12.5 Å². The molecular formula is C32H34N4O6. The molecule has 2 aliphatic rings. The fourth-order valence-electron chi connectivity index (χ4n) is 5.61. The van der Waals surface area contributed by atoms with E-state index in [9.17, 15) is 4.79 Å². The minimum Gasteiger partial charge on any atom is -0.497 e. The maximum absolute atomic E-state index is 14.2. The fraction of sp³-hybridized carbons (Fsp3) is 0.344. The monoisotopic (exact) mass is 570 g/mol. The van der Waals surface area contributed by atoms with E-state index >= 15 is 0 Å². The number of aryl methyl sites for hydroxylation is 1. The van der Waals surface area contributed by atoms with E-state index in [2.05, 4.69) is 11.1 Å². The minimum atomic E-state index is -0.489. The highest BCUT2D eigenvalue weighted by Crippen LogP contribution is 2.46. The molecular weight excluding hydrogens is 536 g/mol. The van der Waals surface area contributed by atoms with Crippen LogP contribution in [-0.2, 0) is 11.3 Å². The highest BCUT2D eigenvalue weighted by molar-refractivity contribution is 5.97. The van der Waals surface area contributed by atoms with Gasteiger partial charge in [-0.3, -0.25) is 9.78 Å². The van der Waals surface area contributed by atoms with E-state index in [1.54, 1.807) is 32.1 Å². The van der Waals surface area contributed by atoms with Crippen molar-refractivity contribution in [3.8, 4) is 51.1 Å². The number of pyridine rings is 1. The second-order valence-electron chi connectivity index (χ2n) is 11.1. The zero-order valence-corrected chi connectivity index (χ0v) is 24.7. The number of methoxy groups -OCH3 is 3. The van der Waals surface area contributed by atoms with Crippen molar-refractivity contribution in [3.05, 3.63) is 65.6 Å². The lowest BCUT2D eigenvalue weighted by Crippen LogP contribution is -2.55. The third kappa shape index (κ3) is 4.71. The predicted molar refractivity (Wildman–Crippen MR) is 157 cm³/mol. The summed E-state index contributed by atoms with van der Waals surface area (Å²) in [6, 6.07) is 11.5. The Morgan fingerprint density at radius 3 is 2.38 bits per heavy atom. The van der Waals surface area contributed by atoms with Crippen LogP contribution >= 0.6 is 0 Å². The highest BCUT2D eigenvalue weighted by Gasteiger charge is 2.39. The maximum Gasteiger partial charge on any atom is 0.275 e. The largest absolute Gasteiger partial charge is 0.497 e. The Balaban J connectivity index is 1.60. The quantitative estimate of drug-likeness (QED) is 0.317. The van der Waals surface area contributed by atoms with Crippen LogP contribution < -0.4 is 18.9 Å². The molecule has 4 heterocycles. The molecule has 1 fully saturated rings. The summed E-state index contributed by atoms with van der Waals surface area (Å²) >= 11 is 0. The van der Waals surface area contributed by atoms with Gasteiger partial charge in [-0.1, -0.05) is 0 Å². The number of ether oxygens (including phenoxy) is 5. The number of amides is 1. The molecule has 4 aromatic rings. The molecule has 0 radical (unpaired) electrons. The molecule has 0 N–H and O–H groups in total. The first-order valence-electron chi connectivity index (χ1n) is 13.8. The number of morpholine rings is 1. The SMILES string of the molecule is COc1cc(OC)cc(-n2nc(C(=O)N3CCOCC3(C)C)c3c2-c2cc(-c4cncc(C)c4)c(OC)cc2OC3)c1. The third-order valence-corrected chi connectivity index (χ3v) is 7.77. The number of aromatic nitrogens is 3. The first kappa shape index (κ1) is 27.6. The smallest absolute Gasteiger partial charge is 0.275 e. The zero-order valence-electron chi connectivity index (χ0n) is 24.7.